The van der Waals surface area contributed by atoms with Crippen molar-refractivity contribution in [2.75, 3.05) is 13.1 Å². The van der Waals surface area contributed by atoms with Gasteiger partial charge in [-0.2, -0.15) is 5.10 Å². The van der Waals surface area contributed by atoms with Gasteiger partial charge in [0.2, 0.25) is 5.76 Å². The van der Waals surface area contributed by atoms with E-state index in [1.165, 1.54) is 0 Å². The second-order valence-corrected chi connectivity index (χ2v) is 6.17. The van der Waals surface area contributed by atoms with Crippen LogP contribution in [0.1, 0.15) is 47.6 Å². The summed E-state index contributed by atoms with van der Waals surface area (Å²) in [6.07, 6.45) is 4.49. The van der Waals surface area contributed by atoms with E-state index in [0.29, 0.717) is 12.3 Å². The first-order valence-electron chi connectivity index (χ1n) is 8.29. The van der Waals surface area contributed by atoms with Crippen LogP contribution in [0.15, 0.2) is 28.9 Å². The number of hydrogen-bond donors (Lipinski definition) is 1. The average Bonchev–Trinajstić information content (AvgIpc) is 3.29. The van der Waals surface area contributed by atoms with Crippen molar-refractivity contribution in [3.63, 3.8) is 0 Å². The molecule has 24 heavy (non-hydrogen) atoms. The summed E-state index contributed by atoms with van der Waals surface area (Å²) >= 11 is 0. The minimum absolute atomic E-state index is 0.0884. The summed E-state index contributed by atoms with van der Waals surface area (Å²) in [5.74, 6) is 0.461. The SMILES string of the molecule is CCc1cc(C(=O)N2CCC[C@@H](c3ccc4cn[nH]c4n3)C2)on1. The lowest BCUT2D eigenvalue weighted by atomic mass is 9.94. The van der Waals surface area contributed by atoms with Gasteiger partial charge >= 0.3 is 0 Å². The summed E-state index contributed by atoms with van der Waals surface area (Å²) < 4.78 is 5.19. The predicted octanol–water partition coefficient (Wildman–Crippen LogP) is 2.53. The van der Waals surface area contributed by atoms with Crippen molar-refractivity contribution in [2.24, 2.45) is 0 Å². The zero-order valence-corrected chi connectivity index (χ0v) is 13.5. The molecule has 4 heterocycles. The van der Waals surface area contributed by atoms with E-state index in [2.05, 4.69) is 20.3 Å². The van der Waals surface area contributed by atoms with Gasteiger partial charge in [0.15, 0.2) is 5.65 Å². The number of aromatic amines is 1. The molecule has 3 aromatic rings. The summed E-state index contributed by atoms with van der Waals surface area (Å²) in [7, 11) is 0. The molecule has 1 aliphatic heterocycles. The van der Waals surface area contributed by atoms with Crippen LogP contribution in [0.25, 0.3) is 11.0 Å². The molecule has 1 N–H and O–H groups in total. The van der Waals surface area contributed by atoms with Gasteiger partial charge in [-0.25, -0.2) is 4.98 Å². The van der Waals surface area contributed by atoms with E-state index in [4.69, 9.17) is 4.52 Å². The fourth-order valence-corrected chi connectivity index (χ4v) is 3.21. The van der Waals surface area contributed by atoms with E-state index < -0.39 is 0 Å². The normalized spacial score (nSPS) is 18.2. The number of amides is 1. The Morgan fingerprint density at radius 3 is 3.21 bits per heavy atom. The molecule has 4 rings (SSSR count). The van der Waals surface area contributed by atoms with Gasteiger partial charge in [0, 0.05) is 36.2 Å². The largest absolute Gasteiger partial charge is 0.351 e. The molecule has 0 saturated carbocycles. The maximum absolute atomic E-state index is 12.6. The Labute approximate surface area is 139 Å². The van der Waals surface area contributed by atoms with E-state index in [-0.39, 0.29) is 11.8 Å². The maximum atomic E-state index is 12.6. The van der Waals surface area contributed by atoms with E-state index in [0.717, 1.165) is 48.2 Å². The Balaban J connectivity index is 1.53. The molecule has 7 nitrogen and oxygen atoms in total. The number of nitrogens with one attached hydrogen (secondary N) is 1. The Bertz CT molecular complexity index is 869. The lowest BCUT2D eigenvalue weighted by Gasteiger charge is -2.31. The van der Waals surface area contributed by atoms with Crippen LogP contribution in [0.3, 0.4) is 0 Å². The quantitative estimate of drug-likeness (QED) is 0.799. The highest BCUT2D eigenvalue weighted by atomic mass is 16.5. The fraction of sp³-hybridized carbons (Fsp3) is 0.412. The number of aromatic nitrogens is 4. The third-order valence-corrected chi connectivity index (χ3v) is 4.58. The van der Waals surface area contributed by atoms with Crippen LogP contribution in [-0.4, -0.2) is 44.2 Å². The number of rotatable bonds is 3. The molecular weight excluding hydrogens is 306 g/mol. The molecule has 1 aliphatic rings. The van der Waals surface area contributed by atoms with Crippen LogP contribution in [0, 0.1) is 0 Å². The Hall–Kier alpha value is -2.70. The van der Waals surface area contributed by atoms with Gasteiger partial charge in [-0.15, -0.1) is 0 Å². The number of carbonyl (C=O) groups excluding carboxylic acids is 1. The molecule has 3 aromatic heterocycles. The summed E-state index contributed by atoms with van der Waals surface area (Å²) in [6, 6.07) is 5.78. The monoisotopic (exact) mass is 325 g/mol. The highest BCUT2D eigenvalue weighted by Gasteiger charge is 2.28. The molecule has 0 unspecified atom stereocenters. The molecule has 0 bridgehead atoms. The smallest absolute Gasteiger partial charge is 0.292 e. The Morgan fingerprint density at radius 2 is 2.38 bits per heavy atom. The number of pyridine rings is 1. The fourth-order valence-electron chi connectivity index (χ4n) is 3.21. The molecule has 0 spiro atoms. The van der Waals surface area contributed by atoms with Crippen LogP contribution >= 0.6 is 0 Å². The highest BCUT2D eigenvalue weighted by molar-refractivity contribution is 5.91. The van der Waals surface area contributed by atoms with E-state index in [1.54, 1.807) is 12.3 Å². The second-order valence-electron chi connectivity index (χ2n) is 6.17. The van der Waals surface area contributed by atoms with Crippen LogP contribution < -0.4 is 0 Å². The van der Waals surface area contributed by atoms with Crippen LogP contribution in [0.4, 0.5) is 0 Å². The Morgan fingerprint density at radius 1 is 1.46 bits per heavy atom. The summed E-state index contributed by atoms with van der Waals surface area (Å²) in [5, 5.41) is 11.8. The lowest BCUT2D eigenvalue weighted by molar-refractivity contribution is 0.0664. The molecule has 1 atom stereocenters. The van der Waals surface area contributed by atoms with Crippen molar-refractivity contribution in [2.45, 2.75) is 32.1 Å². The highest BCUT2D eigenvalue weighted by Crippen LogP contribution is 2.27. The molecule has 1 fully saturated rings. The van der Waals surface area contributed by atoms with Crippen LogP contribution in [-0.2, 0) is 6.42 Å². The van der Waals surface area contributed by atoms with Crippen molar-refractivity contribution in [1.29, 1.82) is 0 Å². The van der Waals surface area contributed by atoms with Crippen molar-refractivity contribution in [3.8, 4) is 0 Å². The van der Waals surface area contributed by atoms with E-state index in [1.807, 2.05) is 24.0 Å². The van der Waals surface area contributed by atoms with E-state index >= 15 is 0 Å². The summed E-state index contributed by atoms with van der Waals surface area (Å²) in [5.41, 5.74) is 2.59. The van der Waals surface area contributed by atoms with Crippen molar-refractivity contribution in [3.05, 3.63) is 41.5 Å². The zero-order valence-electron chi connectivity index (χ0n) is 13.5. The van der Waals surface area contributed by atoms with Gasteiger partial charge in [0.25, 0.3) is 5.91 Å². The molecule has 0 aromatic carbocycles. The van der Waals surface area contributed by atoms with Crippen molar-refractivity contribution < 1.29 is 9.32 Å². The zero-order chi connectivity index (χ0) is 16.5. The maximum Gasteiger partial charge on any atom is 0.292 e. The van der Waals surface area contributed by atoms with Crippen molar-refractivity contribution in [1.82, 2.24) is 25.2 Å². The number of carbonyl (C=O) groups is 1. The van der Waals surface area contributed by atoms with Gasteiger partial charge in [0.05, 0.1) is 11.9 Å². The van der Waals surface area contributed by atoms with Gasteiger partial charge in [0.1, 0.15) is 0 Å². The molecule has 0 radical (unpaired) electrons. The minimum atomic E-state index is -0.0884. The molecule has 7 heteroatoms. The average molecular weight is 325 g/mol. The van der Waals surface area contributed by atoms with E-state index in [9.17, 15) is 4.79 Å². The molecular formula is C17H19N5O2. The second kappa shape index (κ2) is 6.07. The lowest BCUT2D eigenvalue weighted by Crippen LogP contribution is -2.39. The number of nitrogens with zero attached hydrogens (tertiary/aromatic N) is 4. The standard InChI is InChI=1S/C17H19N5O2/c1-2-13-8-15(24-21-13)17(23)22-7-3-4-12(10-22)14-6-5-11-9-18-20-16(11)19-14/h5-6,8-9,12H,2-4,7,10H2,1H3,(H,18,19,20)/t12-/m1/s1. The first kappa shape index (κ1) is 14.9. The molecule has 124 valence electrons. The number of hydrogen-bond acceptors (Lipinski definition) is 5. The summed E-state index contributed by atoms with van der Waals surface area (Å²) in [4.78, 5) is 19.1. The van der Waals surface area contributed by atoms with Crippen LogP contribution in [0.5, 0.6) is 0 Å². The van der Waals surface area contributed by atoms with Gasteiger partial charge in [-0.1, -0.05) is 12.1 Å². The Kier molecular flexibility index (Phi) is 3.76. The predicted molar refractivity (Wildman–Crippen MR) is 87.6 cm³/mol. The third kappa shape index (κ3) is 2.66. The molecule has 1 saturated heterocycles. The minimum Gasteiger partial charge on any atom is -0.351 e. The number of H-pyrrole nitrogens is 1. The molecule has 1 amide bonds. The number of aryl methyl sites for hydroxylation is 1. The van der Waals surface area contributed by atoms with Crippen LogP contribution in [0.2, 0.25) is 0 Å². The topological polar surface area (TPSA) is 87.9 Å². The number of piperidine rings is 1. The van der Waals surface area contributed by atoms with Gasteiger partial charge in [-0.3, -0.25) is 9.89 Å². The summed E-state index contributed by atoms with van der Waals surface area (Å²) in [6.45, 7) is 3.37. The van der Waals surface area contributed by atoms with Gasteiger partial charge in [-0.05, 0) is 31.4 Å². The third-order valence-electron chi connectivity index (χ3n) is 4.58. The first-order chi connectivity index (χ1) is 11.7. The number of fused-ring (bicyclic) bond motifs is 1. The number of likely N-dealkylation sites (tertiary alicyclic amines) is 1. The first-order valence-corrected chi connectivity index (χ1v) is 8.29. The van der Waals surface area contributed by atoms with Crippen molar-refractivity contribution >= 4 is 16.9 Å². The molecule has 0 aliphatic carbocycles. The van der Waals surface area contributed by atoms with Gasteiger partial charge < -0.3 is 9.42 Å².